The van der Waals surface area contributed by atoms with Crippen molar-refractivity contribution in [3.63, 3.8) is 0 Å². The van der Waals surface area contributed by atoms with Gasteiger partial charge in [-0.05, 0) is 18.2 Å². The number of rotatable bonds is 4. The molecule has 2 rings (SSSR count). The summed E-state index contributed by atoms with van der Waals surface area (Å²) in [6, 6.07) is 5.90. The molecular weight excluding hydrogens is 328 g/mol. The summed E-state index contributed by atoms with van der Waals surface area (Å²) >= 11 is 3.29. The second-order valence-electron chi connectivity index (χ2n) is 4.76. The van der Waals surface area contributed by atoms with Crippen LogP contribution in [0.4, 0.5) is 0 Å². The van der Waals surface area contributed by atoms with Crippen molar-refractivity contribution in [1.29, 1.82) is 0 Å². The number of aliphatic hydroxyl groups excluding tert-OH is 3. The molecule has 0 saturated carbocycles. The van der Waals surface area contributed by atoms with Gasteiger partial charge in [0.15, 0.2) is 0 Å². The Bertz CT molecular complexity index is 485. The van der Waals surface area contributed by atoms with Gasteiger partial charge < -0.3 is 26.0 Å². The second-order valence-corrected chi connectivity index (χ2v) is 5.68. The lowest BCUT2D eigenvalue weighted by Crippen LogP contribution is -2.44. The summed E-state index contributed by atoms with van der Waals surface area (Å²) in [5, 5.41) is 34.1. The summed E-state index contributed by atoms with van der Waals surface area (Å²) in [6.45, 7) is -0.103. The van der Waals surface area contributed by atoms with E-state index >= 15 is 0 Å². The molecule has 1 heterocycles. The van der Waals surface area contributed by atoms with Crippen molar-refractivity contribution in [1.82, 2.24) is 10.6 Å². The van der Waals surface area contributed by atoms with Gasteiger partial charge in [0, 0.05) is 16.6 Å². The van der Waals surface area contributed by atoms with Crippen molar-refractivity contribution < 1.29 is 20.1 Å². The Hall–Kier alpha value is -0.990. The quantitative estimate of drug-likeness (QED) is 0.494. The van der Waals surface area contributed by atoms with Gasteiger partial charge in [-0.1, -0.05) is 22.0 Å². The molecule has 1 saturated heterocycles. The number of carbonyl (C=O) groups excluding carboxylic acids is 1. The minimum atomic E-state index is -1.03. The third kappa shape index (κ3) is 3.36. The number of aliphatic hydroxyl groups is 3. The predicted molar refractivity (Wildman–Crippen MR) is 76.3 cm³/mol. The van der Waals surface area contributed by atoms with Crippen LogP contribution in [0, 0.1) is 0 Å². The van der Waals surface area contributed by atoms with Crippen LogP contribution in [0.1, 0.15) is 10.4 Å². The number of hydrogen-bond donors (Lipinski definition) is 5. The first-order valence-electron chi connectivity index (χ1n) is 6.29. The lowest BCUT2D eigenvalue weighted by molar-refractivity contribution is 0.0197. The van der Waals surface area contributed by atoms with E-state index in [4.69, 9.17) is 5.11 Å². The van der Waals surface area contributed by atoms with Crippen LogP contribution in [0.3, 0.4) is 0 Å². The van der Waals surface area contributed by atoms with Crippen molar-refractivity contribution in [2.75, 3.05) is 13.2 Å². The molecular formula is C13H17BrN2O4. The van der Waals surface area contributed by atoms with E-state index in [1.54, 1.807) is 18.2 Å². The molecule has 20 heavy (non-hydrogen) atoms. The fourth-order valence-corrected chi connectivity index (χ4v) is 2.62. The predicted octanol–water partition coefficient (Wildman–Crippen LogP) is -0.767. The largest absolute Gasteiger partial charge is 0.395 e. The highest BCUT2D eigenvalue weighted by Crippen LogP contribution is 2.14. The molecule has 110 valence electrons. The van der Waals surface area contributed by atoms with E-state index in [9.17, 15) is 15.0 Å². The molecule has 0 unspecified atom stereocenters. The molecule has 0 spiro atoms. The Morgan fingerprint density at radius 3 is 2.60 bits per heavy atom. The lowest BCUT2D eigenvalue weighted by atomic mass is 10.1. The van der Waals surface area contributed by atoms with E-state index in [1.807, 2.05) is 6.07 Å². The van der Waals surface area contributed by atoms with Crippen molar-refractivity contribution >= 4 is 21.8 Å². The average Bonchev–Trinajstić information content (AvgIpc) is 2.72. The maximum atomic E-state index is 11.9. The highest BCUT2D eigenvalue weighted by molar-refractivity contribution is 9.10. The Balaban J connectivity index is 1.91. The van der Waals surface area contributed by atoms with Crippen LogP contribution in [-0.4, -0.2) is 58.7 Å². The van der Waals surface area contributed by atoms with Crippen LogP contribution in [-0.2, 0) is 0 Å². The van der Waals surface area contributed by atoms with Crippen LogP contribution in [0.15, 0.2) is 28.7 Å². The molecule has 0 bridgehead atoms. The van der Waals surface area contributed by atoms with Crippen LogP contribution in [0.2, 0.25) is 0 Å². The molecule has 1 fully saturated rings. The average molecular weight is 345 g/mol. The zero-order valence-electron chi connectivity index (χ0n) is 10.7. The van der Waals surface area contributed by atoms with Gasteiger partial charge in [-0.25, -0.2) is 0 Å². The number of amides is 1. The topological polar surface area (TPSA) is 102 Å². The lowest BCUT2D eigenvalue weighted by Gasteiger charge is -2.16. The molecule has 1 aliphatic heterocycles. The number of hydrogen-bond acceptors (Lipinski definition) is 5. The molecule has 4 atom stereocenters. The van der Waals surface area contributed by atoms with Crippen molar-refractivity contribution in [2.45, 2.75) is 24.3 Å². The zero-order valence-corrected chi connectivity index (χ0v) is 12.2. The van der Waals surface area contributed by atoms with E-state index in [0.717, 1.165) is 4.47 Å². The Kier molecular flexibility index (Phi) is 5.11. The van der Waals surface area contributed by atoms with Crippen LogP contribution < -0.4 is 10.6 Å². The highest BCUT2D eigenvalue weighted by Gasteiger charge is 2.40. The molecule has 1 aliphatic rings. The number of nitrogens with one attached hydrogen (secondary N) is 2. The summed E-state index contributed by atoms with van der Waals surface area (Å²) < 4.78 is 0.806. The van der Waals surface area contributed by atoms with Crippen molar-refractivity contribution in [3.05, 3.63) is 34.3 Å². The Morgan fingerprint density at radius 1 is 1.30 bits per heavy atom. The van der Waals surface area contributed by atoms with Crippen molar-refractivity contribution in [2.24, 2.45) is 0 Å². The van der Waals surface area contributed by atoms with Gasteiger partial charge in [0.25, 0.3) is 5.91 Å². The smallest absolute Gasteiger partial charge is 0.251 e. The van der Waals surface area contributed by atoms with Gasteiger partial charge in [-0.15, -0.1) is 0 Å². The summed E-state index contributed by atoms with van der Waals surface area (Å²) in [4.78, 5) is 11.9. The maximum Gasteiger partial charge on any atom is 0.251 e. The zero-order chi connectivity index (χ0) is 14.7. The van der Waals surface area contributed by atoms with Crippen molar-refractivity contribution in [3.8, 4) is 0 Å². The maximum absolute atomic E-state index is 11.9. The van der Waals surface area contributed by atoms with E-state index in [1.165, 1.54) is 0 Å². The molecule has 0 aliphatic carbocycles. The number of benzene rings is 1. The van der Waals surface area contributed by atoms with E-state index in [0.29, 0.717) is 5.56 Å². The second kappa shape index (κ2) is 6.64. The Morgan fingerprint density at radius 2 is 2.00 bits per heavy atom. The first-order valence-corrected chi connectivity index (χ1v) is 7.09. The molecule has 1 aromatic rings. The molecule has 0 radical (unpaired) electrons. The van der Waals surface area contributed by atoms with Gasteiger partial charge in [0.05, 0.1) is 30.9 Å². The van der Waals surface area contributed by atoms with Gasteiger partial charge in [0.2, 0.25) is 0 Å². The summed E-state index contributed by atoms with van der Waals surface area (Å²) in [7, 11) is 0. The Labute approximate surface area is 124 Å². The van der Waals surface area contributed by atoms with Gasteiger partial charge in [-0.2, -0.15) is 0 Å². The van der Waals surface area contributed by atoms with E-state index in [-0.39, 0.29) is 19.1 Å². The third-order valence-corrected chi connectivity index (χ3v) is 3.86. The summed E-state index contributed by atoms with van der Waals surface area (Å²) in [6.07, 6.45) is -2.05. The third-order valence-electron chi connectivity index (χ3n) is 3.37. The fraction of sp³-hybridized carbons (Fsp3) is 0.462. The number of carbonyl (C=O) groups is 1. The van der Waals surface area contributed by atoms with Crippen LogP contribution in [0.25, 0.3) is 0 Å². The minimum Gasteiger partial charge on any atom is -0.395 e. The molecule has 5 N–H and O–H groups in total. The molecule has 1 aromatic carbocycles. The van der Waals surface area contributed by atoms with E-state index < -0.39 is 24.3 Å². The molecule has 7 heteroatoms. The monoisotopic (exact) mass is 344 g/mol. The van der Waals surface area contributed by atoms with Crippen LogP contribution in [0.5, 0.6) is 0 Å². The van der Waals surface area contributed by atoms with Gasteiger partial charge in [-0.3, -0.25) is 4.79 Å². The molecule has 6 nitrogen and oxygen atoms in total. The first-order chi connectivity index (χ1) is 9.52. The van der Waals surface area contributed by atoms with Gasteiger partial charge in [0.1, 0.15) is 0 Å². The van der Waals surface area contributed by atoms with Crippen LogP contribution >= 0.6 is 15.9 Å². The van der Waals surface area contributed by atoms with E-state index in [2.05, 4.69) is 26.6 Å². The highest BCUT2D eigenvalue weighted by atomic mass is 79.9. The standard InChI is InChI=1S/C13H17BrN2O4/c14-8-3-1-2-7(4-8)13(20)15-5-9-11(18)12(19)10(6-17)16-9/h1-4,9-12,16-19H,5-6H2,(H,15,20)/t9-,10+,11+,12-/m0/s1. The number of halogens is 1. The summed E-state index contributed by atoms with van der Waals surface area (Å²) in [5.41, 5.74) is 0.506. The molecule has 0 aromatic heterocycles. The fourth-order valence-electron chi connectivity index (χ4n) is 2.22. The SMILES string of the molecule is O=C(NC[C@@H]1N[C@H](CO)[C@H](O)[C@@H]1O)c1cccc(Br)c1. The minimum absolute atomic E-state index is 0.167. The summed E-state index contributed by atoms with van der Waals surface area (Å²) in [5.74, 6) is -0.262. The first kappa shape index (κ1) is 15.4. The van der Waals surface area contributed by atoms with Gasteiger partial charge >= 0.3 is 0 Å². The normalized spacial score (nSPS) is 29.4. The molecule has 1 amide bonds.